The Bertz CT molecular complexity index is 915. The maximum atomic E-state index is 12.6. The Morgan fingerprint density at radius 2 is 1.64 bits per heavy atom. The number of ether oxygens (including phenoxy) is 1. The summed E-state index contributed by atoms with van der Waals surface area (Å²) in [5, 5.41) is 10.8. The van der Waals surface area contributed by atoms with E-state index in [0.29, 0.717) is 10.9 Å². The van der Waals surface area contributed by atoms with Gasteiger partial charge in [-0.15, -0.1) is 0 Å². The van der Waals surface area contributed by atoms with Crippen molar-refractivity contribution >= 4 is 16.7 Å². The molecular formula is C19H13F3O3. The molecule has 0 saturated heterocycles. The van der Waals surface area contributed by atoms with Crippen LogP contribution in [0.3, 0.4) is 0 Å². The van der Waals surface area contributed by atoms with E-state index in [1.165, 1.54) is 18.2 Å². The van der Waals surface area contributed by atoms with Gasteiger partial charge in [0.15, 0.2) is 0 Å². The SMILES string of the molecule is O=C(O)c1ccc2ccccc2c1OCc1ccc(C(F)(F)F)cc1. The molecule has 0 unspecified atom stereocenters. The van der Waals surface area contributed by atoms with Crippen molar-refractivity contribution in [2.45, 2.75) is 12.8 Å². The highest BCUT2D eigenvalue weighted by Gasteiger charge is 2.29. The number of halogens is 3. The molecule has 0 fully saturated rings. The summed E-state index contributed by atoms with van der Waals surface area (Å²) in [4.78, 5) is 11.4. The molecule has 3 aromatic rings. The normalized spacial score (nSPS) is 11.5. The van der Waals surface area contributed by atoms with E-state index in [9.17, 15) is 23.1 Å². The number of hydrogen-bond acceptors (Lipinski definition) is 2. The van der Waals surface area contributed by atoms with E-state index < -0.39 is 17.7 Å². The van der Waals surface area contributed by atoms with Crippen molar-refractivity contribution in [2.24, 2.45) is 0 Å². The molecule has 3 rings (SSSR count). The van der Waals surface area contributed by atoms with Gasteiger partial charge in [-0.05, 0) is 29.1 Å². The number of aromatic carboxylic acids is 1. The maximum Gasteiger partial charge on any atom is 0.416 e. The molecule has 0 radical (unpaired) electrons. The number of carbonyl (C=O) groups is 1. The summed E-state index contributed by atoms with van der Waals surface area (Å²) in [6, 6.07) is 14.9. The topological polar surface area (TPSA) is 46.5 Å². The summed E-state index contributed by atoms with van der Waals surface area (Å²) in [7, 11) is 0. The molecular weight excluding hydrogens is 333 g/mol. The first kappa shape index (κ1) is 16.8. The van der Waals surface area contributed by atoms with Crippen LogP contribution in [0, 0.1) is 0 Å². The van der Waals surface area contributed by atoms with Gasteiger partial charge in [0, 0.05) is 5.39 Å². The minimum absolute atomic E-state index is 0.00520. The zero-order valence-corrected chi connectivity index (χ0v) is 12.9. The maximum absolute atomic E-state index is 12.6. The van der Waals surface area contributed by atoms with Crippen LogP contribution in [-0.4, -0.2) is 11.1 Å². The second-order valence-corrected chi connectivity index (χ2v) is 5.45. The smallest absolute Gasteiger partial charge is 0.416 e. The van der Waals surface area contributed by atoms with Crippen molar-refractivity contribution in [3.63, 3.8) is 0 Å². The summed E-state index contributed by atoms with van der Waals surface area (Å²) in [5.41, 5.74) is -0.226. The van der Waals surface area contributed by atoms with Gasteiger partial charge in [0.25, 0.3) is 0 Å². The first-order valence-corrected chi connectivity index (χ1v) is 7.40. The molecule has 0 saturated carbocycles. The molecule has 128 valence electrons. The Morgan fingerprint density at radius 1 is 0.960 bits per heavy atom. The largest absolute Gasteiger partial charge is 0.487 e. The van der Waals surface area contributed by atoms with E-state index in [2.05, 4.69) is 0 Å². The summed E-state index contributed by atoms with van der Waals surface area (Å²) in [6.45, 7) is -0.0353. The predicted octanol–water partition coefficient (Wildman–Crippen LogP) is 5.14. The lowest BCUT2D eigenvalue weighted by molar-refractivity contribution is -0.137. The van der Waals surface area contributed by atoms with Gasteiger partial charge >= 0.3 is 12.1 Å². The van der Waals surface area contributed by atoms with Crippen LogP contribution in [0.25, 0.3) is 10.8 Å². The van der Waals surface area contributed by atoms with Crippen LogP contribution in [-0.2, 0) is 12.8 Å². The van der Waals surface area contributed by atoms with E-state index in [1.54, 1.807) is 18.2 Å². The van der Waals surface area contributed by atoms with Crippen LogP contribution in [0.15, 0.2) is 60.7 Å². The number of benzene rings is 3. The zero-order valence-electron chi connectivity index (χ0n) is 12.9. The first-order valence-electron chi connectivity index (χ1n) is 7.40. The number of alkyl halides is 3. The standard InChI is InChI=1S/C19H13F3O3/c20-19(21,22)14-8-5-12(6-9-14)11-25-17-15-4-2-1-3-13(15)7-10-16(17)18(23)24/h1-10H,11H2,(H,23,24). The molecule has 3 nitrogen and oxygen atoms in total. The molecule has 0 heterocycles. The third kappa shape index (κ3) is 3.57. The average molecular weight is 346 g/mol. The monoisotopic (exact) mass is 346 g/mol. The van der Waals surface area contributed by atoms with Gasteiger partial charge in [-0.25, -0.2) is 4.79 Å². The van der Waals surface area contributed by atoms with E-state index in [-0.39, 0.29) is 17.9 Å². The fourth-order valence-corrected chi connectivity index (χ4v) is 2.51. The highest BCUT2D eigenvalue weighted by Crippen LogP contribution is 2.32. The van der Waals surface area contributed by atoms with Gasteiger partial charge in [-0.2, -0.15) is 13.2 Å². The highest BCUT2D eigenvalue weighted by atomic mass is 19.4. The Balaban J connectivity index is 1.90. The second-order valence-electron chi connectivity index (χ2n) is 5.45. The first-order chi connectivity index (χ1) is 11.9. The quantitative estimate of drug-likeness (QED) is 0.712. The van der Waals surface area contributed by atoms with Gasteiger partial charge in [0.2, 0.25) is 0 Å². The van der Waals surface area contributed by atoms with Crippen LogP contribution in [0.4, 0.5) is 13.2 Å². The van der Waals surface area contributed by atoms with E-state index in [1.807, 2.05) is 12.1 Å². The number of carboxylic acid groups (broad SMARTS) is 1. The van der Waals surface area contributed by atoms with Gasteiger partial charge in [0.05, 0.1) is 5.56 Å². The molecule has 0 aliphatic carbocycles. The Hall–Kier alpha value is -3.02. The van der Waals surface area contributed by atoms with E-state index >= 15 is 0 Å². The molecule has 6 heteroatoms. The number of rotatable bonds is 4. The number of fused-ring (bicyclic) bond motifs is 1. The number of carboxylic acids is 1. The lowest BCUT2D eigenvalue weighted by atomic mass is 10.1. The molecule has 0 amide bonds. The lowest BCUT2D eigenvalue weighted by Gasteiger charge is -2.13. The van der Waals surface area contributed by atoms with Crippen LogP contribution in [0.5, 0.6) is 5.75 Å². The fraction of sp³-hybridized carbons (Fsp3) is 0.105. The van der Waals surface area contributed by atoms with Crippen LogP contribution in [0.1, 0.15) is 21.5 Å². The molecule has 0 bridgehead atoms. The summed E-state index contributed by atoms with van der Waals surface area (Å²) in [5.74, 6) is -0.932. The molecule has 1 N–H and O–H groups in total. The minimum Gasteiger partial charge on any atom is -0.487 e. The van der Waals surface area contributed by atoms with Gasteiger partial charge in [-0.1, -0.05) is 42.5 Å². The molecule has 0 aliphatic rings. The Labute approximate surface area is 141 Å². The van der Waals surface area contributed by atoms with E-state index in [0.717, 1.165) is 17.5 Å². The van der Waals surface area contributed by atoms with Crippen LogP contribution >= 0.6 is 0 Å². The van der Waals surface area contributed by atoms with Gasteiger partial charge in [0.1, 0.15) is 17.9 Å². The van der Waals surface area contributed by atoms with Gasteiger partial charge in [-0.3, -0.25) is 0 Å². The van der Waals surface area contributed by atoms with E-state index in [4.69, 9.17) is 4.74 Å². The van der Waals surface area contributed by atoms with Crippen LogP contribution in [0.2, 0.25) is 0 Å². The number of hydrogen-bond donors (Lipinski definition) is 1. The second kappa shape index (κ2) is 6.47. The summed E-state index contributed by atoms with van der Waals surface area (Å²) in [6.07, 6.45) is -4.40. The summed E-state index contributed by atoms with van der Waals surface area (Å²) >= 11 is 0. The Morgan fingerprint density at radius 3 is 2.28 bits per heavy atom. The average Bonchev–Trinajstić information content (AvgIpc) is 2.59. The summed E-state index contributed by atoms with van der Waals surface area (Å²) < 4.78 is 43.4. The van der Waals surface area contributed by atoms with Crippen molar-refractivity contribution < 1.29 is 27.8 Å². The van der Waals surface area contributed by atoms with Crippen molar-refractivity contribution in [1.82, 2.24) is 0 Å². The molecule has 0 spiro atoms. The van der Waals surface area contributed by atoms with Crippen molar-refractivity contribution in [3.8, 4) is 5.75 Å². The van der Waals surface area contributed by atoms with Crippen molar-refractivity contribution in [2.75, 3.05) is 0 Å². The molecule has 3 aromatic carbocycles. The minimum atomic E-state index is -4.40. The molecule has 0 aliphatic heterocycles. The third-order valence-electron chi connectivity index (χ3n) is 3.77. The Kier molecular flexibility index (Phi) is 4.35. The highest BCUT2D eigenvalue weighted by molar-refractivity contribution is 6.00. The van der Waals surface area contributed by atoms with Gasteiger partial charge < -0.3 is 9.84 Å². The van der Waals surface area contributed by atoms with Crippen LogP contribution < -0.4 is 4.74 Å². The molecule has 0 aromatic heterocycles. The predicted molar refractivity (Wildman–Crippen MR) is 86.7 cm³/mol. The molecule has 25 heavy (non-hydrogen) atoms. The van der Waals surface area contributed by atoms with Crippen molar-refractivity contribution in [1.29, 1.82) is 0 Å². The lowest BCUT2D eigenvalue weighted by Crippen LogP contribution is -2.06. The molecule has 0 atom stereocenters. The third-order valence-corrected chi connectivity index (χ3v) is 3.77. The fourth-order valence-electron chi connectivity index (χ4n) is 2.51. The van der Waals surface area contributed by atoms with Crippen molar-refractivity contribution in [3.05, 3.63) is 77.4 Å². The zero-order chi connectivity index (χ0) is 18.0.